The molecule has 5 atom stereocenters. The van der Waals surface area contributed by atoms with Crippen LogP contribution in [0.5, 0.6) is 5.75 Å². The molecule has 204 valence electrons. The molecule has 1 aromatic carbocycles. The molecule has 2 aliphatic rings. The lowest BCUT2D eigenvalue weighted by molar-refractivity contribution is -0.376. The average molecular weight is 523 g/mol. The summed E-state index contributed by atoms with van der Waals surface area (Å²) in [5, 5.41) is 0.0798. The highest BCUT2D eigenvalue weighted by atomic mass is 28.4. The Balaban J connectivity index is 1.81. The number of methoxy groups -OCH3 is 2. The highest BCUT2D eigenvalue weighted by Gasteiger charge is 2.51. The van der Waals surface area contributed by atoms with Gasteiger partial charge >= 0.3 is 0 Å². The molecule has 2 heterocycles. The molecule has 3 rings (SSSR count). The first-order valence-electron chi connectivity index (χ1n) is 13.2. The minimum absolute atomic E-state index is 0.0535. The van der Waals surface area contributed by atoms with Crippen molar-refractivity contribution >= 4 is 14.1 Å². The lowest BCUT2D eigenvalue weighted by atomic mass is 9.89. The predicted octanol–water partition coefficient (Wildman–Crippen LogP) is 6.00. The SMILES string of the molecule is CCC(=O)C[C@@H]1C[C@H](OC)C[C@@]2(C[C@@H](O[Si](C)(C)C(C)(C)C)C[C@H](OCc3ccc(OC)cc3)O2)O1. The summed E-state index contributed by atoms with van der Waals surface area (Å²) < 4.78 is 37.3. The van der Waals surface area contributed by atoms with Gasteiger partial charge in [-0.15, -0.1) is 0 Å². The number of Topliss-reactive ketones (excluding diaryl/α,β-unsaturated/α-hetero) is 1. The summed E-state index contributed by atoms with van der Waals surface area (Å²) in [6, 6.07) is 7.83. The van der Waals surface area contributed by atoms with Crippen molar-refractivity contribution in [1.82, 2.24) is 0 Å². The Kier molecular flexibility index (Phi) is 9.79. The first kappa shape index (κ1) is 29.3. The van der Waals surface area contributed by atoms with Crippen LogP contribution in [-0.2, 0) is 34.8 Å². The third-order valence-corrected chi connectivity index (χ3v) is 12.4. The van der Waals surface area contributed by atoms with Crippen LogP contribution in [0.2, 0.25) is 18.1 Å². The molecule has 0 aliphatic carbocycles. The smallest absolute Gasteiger partial charge is 0.192 e. The molecule has 2 saturated heterocycles. The number of ether oxygens (including phenoxy) is 5. The monoisotopic (exact) mass is 522 g/mol. The van der Waals surface area contributed by atoms with E-state index < -0.39 is 20.4 Å². The van der Waals surface area contributed by atoms with Gasteiger partial charge in [-0.05, 0) is 35.8 Å². The van der Waals surface area contributed by atoms with Crippen LogP contribution >= 0.6 is 0 Å². The molecule has 0 aromatic heterocycles. The number of carbonyl (C=O) groups is 1. The maximum Gasteiger partial charge on any atom is 0.192 e. The lowest BCUT2D eigenvalue weighted by Gasteiger charge is -2.51. The van der Waals surface area contributed by atoms with Crippen LogP contribution in [0.1, 0.15) is 71.8 Å². The molecule has 0 radical (unpaired) electrons. The molecule has 36 heavy (non-hydrogen) atoms. The highest BCUT2D eigenvalue weighted by Crippen LogP contribution is 2.45. The van der Waals surface area contributed by atoms with Gasteiger partial charge in [-0.25, -0.2) is 0 Å². The van der Waals surface area contributed by atoms with Crippen molar-refractivity contribution in [2.45, 2.75) is 121 Å². The van der Waals surface area contributed by atoms with E-state index in [2.05, 4.69) is 33.9 Å². The normalized spacial score (nSPS) is 29.3. The van der Waals surface area contributed by atoms with E-state index in [9.17, 15) is 4.79 Å². The van der Waals surface area contributed by atoms with Crippen molar-refractivity contribution in [3.63, 3.8) is 0 Å². The molecule has 0 bridgehead atoms. The Labute approximate surface area is 218 Å². The molecular weight excluding hydrogens is 476 g/mol. The van der Waals surface area contributed by atoms with Crippen LogP contribution in [0.25, 0.3) is 0 Å². The highest BCUT2D eigenvalue weighted by molar-refractivity contribution is 6.74. The van der Waals surface area contributed by atoms with Crippen LogP contribution in [0.15, 0.2) is 24.3 Å². The van der Waals surface area contributed by atoms with Crippen LogP contribution in [0, 0.1) is 0 Å². The summed E-state index contributed by atoms with van der Waals surface area (Å²) in [6.07, 6.45) is 2.49. The van der Waals surface area contributed by atoms with Crippen molar-refractivity contribution in [1.29, 1.82) is 0 Å². The number of carbonyl (C=O) groups excluding carboxylic acids is 1. The average Bonchev–Trinajstić information content (AvgIpc) is 2.81. The molecule has 1 spiro atoms. The predicted molar refractivity (Wildman–Crippen MR) is 142 cm³/mol. The summed E-state index contributed by atoms with van der Waals surface area (Å²) in [5.41, 5.74) is 1.03. The standard InChI is InChI=1S/C28H46O7Si/c1-9-21(29)14-23-15-24(31-6)17-28(33-23)18-25(35-36(7,8)27(2,3)4)16-26(34-28)32-19-20-10-12-22(30-5)13-11-20/h10-13,23-26H,9,14-19H2,1-8H3/t23-,24+,25+,26-,28-/m1/s1. The summed E-state index contributed by atoms with van der Waals surface area (Å²) in [5.74, 6) is 0.0837. The summed E-state index contributed by atoms with van der Waals surface area (Å²) >= 11 is 0. The summed E-state index contributed by atoms with van der Waals surface area (Å²) in [4.78, 5) is 12.3. The van der Waals surface area contributed by atoms with Gasteiger partial charge in [0.05, 0.1) is 32.0 Å². The molecule has 8 heteroatoms. The minimum Gasteiger partial charge on any atom is -0.497 e. The Morgan fingerprint density at radius 2 is 1.72 bits per heavy atom. The fourth-order valence-corrected chi connectivity index (χ4v) is 6.08. The van der Waals surface area contributed by atoms with Gasteiger partial charge < -0.3 is 28.1 Å². The van der Waals surface area contributed by atoms with Gasteiger partial charge in [0, 0.05) is 45.6 Å². The van der Waals surface area contributed by atoms with E-state index >= 15 is 0 Å². The molecular formula is C28H46O7Si. The first-order chi connectivity index (χ1) is 16.9. The number of hydrogen-bond acceptors (Lipinski definition) is 7. The van der Waals surface area contributed by atoms with Gasteiger partial charge in [0.2, 0.25) is 0 Å². The first-order valence-corrected chi connectivity index (χ1v) is 16.1. The summed E-state index contributed by atoms with van der Waals surface area (Å²) in [7, 11) is 1.33. The number of ketones is 1. The van der Waals surface area contributed by atoms with Gasteiger partial charge in [0.15, 0.2) is 20.4 Å². The van der Waals surface area contributed by atoms with Crippen LogP contribution < -0.4 is 4.74 Å². The molecule has 7 nitrogen and oxygen atoms in total. The van der Waals surface area contributed by atoms with Crippen molar-refractivity contribution in [2.24, 2.45) is 0 Å². The fourth-order valence-electron chi connectivity index (χ4n) is 4.71. The van der Waals surface area contributed by atoms with Crippen LogP contribution in [-0.4, -0.2) is 58.7 Å². The molecule has 0 N–H and O–H groups in total. The van der Waals surface area contributed by atoms with E-state index in [-0.39, 0.29) is 29.1 Å². The Bertz CT molecular complexity index is 850. The van der Waals surface area contributed by atoms with Gasteiger partial charge in [0.1, 0.15) is 11.5 Å². The van der Waals surface area contributed by atoms with Crippen molar-refractivity contribution in [3.8, 4) is 5.75 Å². The van der Waals surface area contributed by atoms with E-state index in [1.54, 1.807) is 14.2 Å². The van der Waals surface area contributed by atoms with Gasteiger partial charge in [-0.1, -0.05) is 39.8 Å². The maximum absolute atomic E-state index is 12.3. The van der Waals surface area contributed by atoms with Gasteiger partial charge in [-0.2, -0.15) is 0 Å². The second-order valence-corrected chi connectivity index (χ2v) is 16.4. The van der Waals surface area contributed by atoms with E-state index in [1.807, 2.05) is 31.2 Å². The zero-order valence-electron chi connectivity index (χ0n) is 23.4. The lowest BCUT2D eigenvalue weighted by Crippen LogP contribution is -2.57. The molecule has 1 aromatic rings. The van der Waals surface area contributed by atoms with E-state index in [4.69, 9.17) is 28.1 Å². The molecule has 0 amide bonds. The number of hydrogen-bond donors (Lipinski definition) is 0. The van der Waals surface area contributed by atoms with E-state index in [0.29, 0.717) is 45.1 Å². The van der Waals surface area contributed by atoms with Crippen molar-refractivity contribution < 1.29 is 32.9 Å². The quantitative estimate of drug-likeness (QED) is 0.349. The second-order valence-electron chi connectivity index (χ2n) is 11.7. The zero-order chi connectivity index (χ0) is 26.6. The Morgan fingerprint density at radius 3 is 2.31 bits per heavy atom. The third-order valence-electron chi connectivity index (χ3n) is 7.83. The number of rotatable bonds is 10. The van der Waals surface area contributed by atoms with E-state index in [1.165, 1.54) is 0 Å². The Hall–Kier alpha value is -1.29. The van der Waals surface area contributed by atoms with Crippen LogP contribution in [0.3, 0.4) is 0 Å². The third kappa shape index (κ3) is 7.62. The second kappa shape index (κ2) is 12.0. The number of benzene rings is 1. The Morgan fingerprint density at radius 1 is 1.06 bits per heavy atom. The summed E-state index contributed by atoms with van der Waals surface area (Å²) in [6.45, 7) is 13.6. The van der Waals surface area contributed by atoms with Crippen LogP contribution in [0.4, 0.5) is 0 Å². The maximum atomic E-state index is 12.3. The van der Waals surface area contributed by atoms with E-state index in [0.717, 1.165) is 11.3 Å². The minimum atomic E-state index is -2.04. The van der Waals surface area contributed by atoms with Gasteiger partial charge in [-0.3, -0.25) is 4.79 Å². The molecule has 0 unspecified atom stereocenters. The largest absolute Gasteiger partial charge is 0.497 e. The zero-order valence-corrected chi connectivity index (χ0v) is 24.4. The molecule has 0 saturated carbocycles. The van der Waals surface area contributed by atoms with Gasteiger partial charge in [0.25, 0.3) is 0 Å². The molecule has 2 fully saturated rings. The topological polar surface area (TPSA) is 72.5 Å². The molecule has 2 aliphatic heterocycles. The fraction of sp³-hybridized carbons (Fsp3) is 0.750. The van der Waals surface area contributed by atoms with Crippen molar-refractivity contribution in [3.05, 3.63) is 29.8 Å². The van der Waals surface area contributed by atoms with Crippen molar-refractivity contribution in [2.75, 3.05) is 14.2 Å².